The third-order valence-corrected chi connectivity index (χ3v) is 9.97. The zero-order valence-corrected chi connectivity index (χ0v) is 25.1. The van der Waals surface area contributed by atoms with Crippen LogP contribution in [0.1, 0.15) is 30.5 Å². The molecule has 0 amide bonds. The van der Waals surface area contributed by atoms with Crippen LogP contribution in [0.3, 0.4) is 0 Å². The summed E-state index contributed by atoms with van der Waals surface area (Å²) in [6, 6.07) is 45.3. The van der Waals surface area contributed by atoms with Crippen LogP contribution in [0, 0.1) is 6.92 Å². The molecule has 0 saturated heterocycles. The molecule has 0 radical (unpaired) electrons. The van der Waals surface area contributed by atoms with E-state index in [4.69, 9.17) is 0 Å². The zero-order chi connectivity index (χ0) is 29.6. The molecule has 1 heteroatoms. The first-order valence-corrected chi connectivity index (χ1v) is 15.5. The Kier molecular flexibility index (Phi) is 5.23. The van der Waals surface area contributed by atoms with Gasteiger partial charge in [-0.05, 0) is 102 Å². The van der Waals surface area contributed by atoms with E-state index in [2.05, 4.69) is 147 Å². The fourth-order valence-corrected chi connectivity index (χ4v) is 7.92. The molecule has 9 rings (SSSR count). The summed E-state index contributed by atoms with van der Waals surface area (Å²) in [6.45, 7) is 6.91. The largest absolute Gasteiger partial charge is 0.264 e. The number of nitrogens with zero attached hydrogens (tertiary/aromatic N) is 1. The highest BCUT2D eigenvalue weighted by atomic mass is 14.6. The van der Waals surface area contributed by atoms with E-state index < -0.39 is 0 Å². The van der Waals surface area contributed by atoms with Crippen molar-refractivity contribution in [1.29, 1.82) is 0 Å². The Balaban J connectivity index is 1.44. The molecule has 0 spiro atoms. The van der Waals surface area contributed by atoms with Gasteiger partial charge in [-0.2, -0.15) is 0 Å². The lowest BCUT2D eigenvalue weighted by molar-refractivity contribution is 0.660. The molecule has 0 unspecified atom stereocenters. The topological polar surface area (TPSA) is 12.9 Å². The summed E-state index contributed by atoms with van der Waals surface area (Å²) >= 11 is 0. The maximum absolute atomic E-state index is 4.61. The van der Waals surface area contributed by atoms with E-state index in [0.717, 1.165) is 0 Å². The average Bonchev–Trinajstić information content (AvgIpc) is 3.28. The third-order valence-electron chi connectivity index (χ3n) is 9.97. The van der Waals surface area contributed by atoms with Gasteiger partial charge in [0.25, 0.3) is 0 Å². The Morgan fingerprint density at radius 2 is 1.14 bits per heavy atom. The molecule has 0 atom stereocenters. The summed E-state index contributed by atoms with van der Waals surface area (Å²) in [5.41, 5.74) is 11.9. The van der Waals surface area contributed by atoms with Gasteiger partial charge in [-0.3, -0.25) is 4.98 Å². The summed E-state index contributed by atoms with van der Waals surface area (Å²) in [5.74, 6) is 0. The van der Waals surface area contributed by atoms with Gasteiger partial charge in [0, 0.05) is 28.8 Å². The minimum absolute atomic E-state index is 0.0154. The van der Waals surface area contributed by atoms with E-state index in [0.29, 0.717) is 0 Å². The van der Waals surface area contributed by atoms with E-state index in [-0.39, 0.29) is 5.41 Å². The van der Waals surface area contributed by atoms with Crippen molar-refractivity contribution in [1.82, 2.24) is 4.98 Å². The second-order valence-electron chi connectivity index (χ2n) is 12.8. The van der Waals surface area contributed by atoms with Crippen LogP contribution in [0.25, 0.3) is 76.5 Å². The van der Waals surface area contributed by atoms with Gasteiger partial charge in [-0.15, -0.1) is 0 Å². The summed E-state index contributed by atoms with van der Waals surface area (Å²) in [5, 5.41) is 9.99. The average molecular weight is 562 g/mol. The number of aryl methyl sites for hydroxylation is 1. The van der Waals surface area contributed by atoms with Crippen LogP contribution < -0.4 is 0 Å². The van der Waals surface area contributed by atoms with Crippen LogP contribution in [0.15, 0.2) is 134 Å². The molecule has 1 aliphatic rings. The van der Waals surface area contributed by atoms with Gasteiger partial charge in [-0.25, -0.2) is 0 Å². The molecular formula is C43H31N. The Morgan fingerprint density at radius 1 is 0.477 bits per heavy atom. The Hall–Kier alpha value is -5.27. The lowest BCUT2D eigenvalue weighted by Gasteiger charge is -2.22. The molecule has 0 aliphatic heterocycles. The van der Waals surface area contributed by atoms with Crippen LogP contribution in [0.4, 0.5) is 0 Å². The number of hydrogen-bond acceptors (Lipinski definition) is 1. The molecule has 0 saturated carbocycles. The summed E-state index contributed by atoms with van der Waals surface area (Å²) in [4.78, 5) is 4.61. The fraction of sp³-hybridized carbons (Fsp3) is 0.0930. The van der Waals surface area contributed by atoms with Crippen molar-refractivity contribution in [3.8, 4) is 33.4 Å². The van der Waals surface area contributed by atoms with Crippen LogP contribution in [-0.4, -0.2) is 4.98 Å². The second kappa shape index (κ2) is 9.11. The summed E-state index contributed by atoms with van der Waals surface area (Å²) in [6.07, 6.45) is 3.94. The number of aromatic nitrogens is 1. The lowest BCUT2D eigenvalue weighted by atomic mass is 9.81. The van der Waals surface area contributed by atoms with Gasteiger partial charge in [-0.1, -0.05) is 123 Å². The predicted molar refractivity (Wildman–Crippen MR) is 187 cm³/mol. The van der Waals surface area contributed by atoms with E-state index >= 15 is 0 Å². The van der Waals surface area contributed by atoms with Crippen LogP contribution in [-0.2, 0) is 5.41 Å². The van der Waals surface area contributed by atoms with Crippen molar-refractivity contribution in [2.75, 3.05) is 0 Å². The van der Waals surface area contributed by atoms with Crippen molar-refractivity contribution in [3.63, 3.8) is 0 Å². The van der Waals surface area contributed by atoms with Gasteiger partial charge >= 0.3 is 0 Å². The molecule has 0 N–H and O–H groups in total. The minimum atomic E-state index is -0.0154. The molecule has 1 aliphatic carbocycles. The monoisotopic (exact) mass is 561 g/mol. The number of rotatable bonds is 2. The molecule has 1 heterocycles. The summed E-state index contributed by atoms with van der Waals surface area (Å²) < 4.78 is 0. The highest BCUT2D eigenvalue weighted by Gasteiger charge is 2.35. The molecule has 44 heavy (non-hydrogen) atoms. The Labute approximate surface area is 257 Å². The normalized spacial score (nSPS) is 13.5. The number of benzene rings is 7. The molecule has 208 valence electrons. The van der Waals surface area contributed by atoms with Crippen LogP contribution in [0.5, 0.6) is 0 Å². The van der Waals surface area contributed by atoms with Crippen LogP contribution in [0.2, 0.25) is 0 Å². The third kappa shape index (κ3) is 3.44. The number of fused-ring (bicyclic) bond motifs is 7. The van der Waals surface area contributed by atoms with E-state index in [1.54, 1.807) is 0 Å². The van der Waals surface area contributed by atoms with Crippen molar-refractivity contribution in [3.05, 3.63) is 150 Å². The summed E-state index contributed by atoms with van der Waals surface area (Å²) in [7, 11) is 0. The highest BCUT2D eigenvalue weighted by molar-refractivity contribution is 6.27. The maximum Gasteiger partial charge on any atom is 0.0352 e. The molecule has 0 bridgehead atoms. The van der Waals surface area contributed by atoms with Gasteiger partial charge in [0.2, 0.25) is 0 Å². The SMILES string of the molecule is Cc1ccc2c(-c3c4ccccc4cc4ccncc34)c3ccccc3c(-c3ccc4c(c3)-c3ccccc3C4(C)C)c2c1. The number of hydrogen-bond donors (Lipinski definition) is 0. The van der Waals surface area contributed by atoms with Gasteiger partial charge in [0.05, 0.1) is 0 Å². The quantitative estimate of drug-likeness (QED) is 0.191. The highest BCUT2D eigenvalue weighted by Crippen LogP contribution is 2.52. The first-order chi connectivity index (χ1) is 21.5. The fourth-order valence-electron chi connectivity index (χ4n) is 7.92. The Morgan fingerprint density at radius 3 is 2.00 bits per heavy atom. The lowest BCUT2D eigenvalue weighted by Crippen LogP contribution is -2.14. The number of pyridine rings is 1. The molecule has 0 fully saturated rings. The van der Waals surface area contributed by atoms with Crippen molar-refractivity contribution < 1.29 is 0 Å². The van der Waals surface area contributed by atoms with Gasteiger partial charge in [0.1, 0.15) is 0 Å². The van der Waals surface area contributed by atoms with Crippen molar-refractivity contribution in [2.45, 2.75) is 26.2 Å². The Bertz CT molecular complexity index is 2430. The molecular weight excluding hydrogens is 530 g/mol. The molecule has 8 aromatic rings. The molecule has 1 aromatic heterocycles. The molecule has 1 nitrogen and oxygen atoms in total. The van der Waals surface area contributed by atoms with Gasteiger partial charge in [0.15, 0.2) is 0 Å². The van der Waals surface area contributed by atoms with Crippen molar-refractivity contribution in [2.24, 2.45) is 0 Å². The first kappa shape index (κ1) is 25.2. The smallest absolute Gasteiger partial charge is 0.0352 e. The standard InChI is InChI=1S/C43H31N/c1-26-16-18-34-36(22-26)40(29-17-19-39-35(24-29)31-12-8-9-15-38(31)43(39,2)3)32-13-6-7-14-33(32)42(34)41-30-11-5-4-10-27(30)23-28-20-21-44-25-37(28)41/h4-25H,1-3H3. The van der Waals surface area contributed by atoms with E-state index in [1.165, 1.54) is 93.2 Å². The van der Waals surface area contributed by atoms with E-state index in [1.807, 2.05) is 12.4 Å². The molecule has 7 aromatic carbocycles. The van der Waals surface area contributed by atoms with Gasteiger partial charge < -0.3 is 0 Å². The van der Waals surface area contributed by atoms with Crippen LogP contribution >= 0.6 is 0 Å². The van der Waals surface area contributed by atoms with Crippen molar-refractivity contribution >= 4 is 43.1 Å². The van der Waals surface area contributed by atoms with E-state index in [9.17, 15) is 0 Å². The zero-order valence-electron chi connectivity index (χ0n) is 25.1. The first-order valence-electron chi connectivity index (χ1n) is 15.5. The minimum Gasteiger partial charge on any atom is -0.264 e. The predicted octanol–water partition coefficient (Wildman–Crippen LogP) is 11.6. The second-order valence-corrected chi connectivity index (χ2v) is 12.8. The maximum atomic E-state index is 4.61.